The van der Waals surface area contributed by atoms with E-state index in [4.69, 9.17) is 4.55 Å². The van der Waals surface area contributed by atoms with E-state index < -0.39 is 34.3 Å². The van der Waals surface area contributed by atoms with E-state index in [1.54, 1.807) is 18.2 Å². The highest BCUT2D eigenvalue weighted by molar-refractivity contribution is 7.84. The van der Waals surface area contributed by atoms with E-state index in [1.807, 2.05) is 0 Å². The highest BCUT2D eigenvalue weighted by atomic mass is 32.2. The molecule has 2 amide bonds. The molecule has 3 N–H and O–H groups in total. The van der Waals surface area contributed by atoms with Crippen molar-refractivity contribution in [3.63, 3.8) is 0 Å². The van der Waals surface area contributed by atoms with Gasteiger partial charge >= 0.3 is 10.3 Å². The zero-order valence-electron chi connectivity index (χ0n) is 10.1. The summed E-state index contributed by atoms with van der Waals surface area (Å²) in [5, 5.41) is 12.0. The van der Waals surface area contributed by atoms with Crippen LogP contribution in [0.5, 0.6) is 0 Å². The fourth-order valence-corrected chi connectivity index (χ4v) is 2.44. The summed E-state index contributed by atoms with van der Waals surface area (Å²) in [4.78, 5) is 23.1. The number of carbonyl (C=O) groups is 2. The molecule has 0 aliphatic carbocycles. The third-order valence-corrected chi connectivity index (χ3v) is 3.74. The second-order valence-corrected chi connectivity index (χ2v) is 5.56. The monoisotopic (exact) mass is 300 g/mol. The van der Waals surface area contributed by atoms with Gasteiger partial charge in [0, 0.05) is 0 Å². The van der Waals surface area contributed by atoms with Crippen molar-refractivity contribution in [3.8, 4) is 0 Å². The molecular weight excluding hydrogens is 288 g/mol. The molecule has 1 saturated heterocycles. The number of benzene rings is 1. The van der Waals surface area contributed by atoms with Gasteiger partial charge in [0.15, 0.2) is 6.10 Å². The molecule has 0 bridgehead atoms. The van der Waals surface area contributed by atoms with Gasteiger partial charge in [-0.1, -0.05) is 30.3 Å². The summed E-state index contributed by atoms with van der Waals surface area (Å²) < 4.78 is 30.3. The van der Waals surface area contributed by atoms with Crippen LogP contribution in [0.3, 0.4) is 0 Å². The first-order valence-corrected chi connectivity index (χ1v) is 7.03. The highest BCUT2D eigenvalue weighted by Gasteiger charge is 2.44. The number of hydrogen-bond acceptors (Lipinski definition) is 5. The summed E-state index contributed by atoms with van der Waals surface area (Å²) in [5.41, 5.74) is 0.350. The van der Waals surface area contributed by atoms with E-state index in [0.29, 0.717) is 5.56 Å². The van der Waals surface area contributed by atoms with Crippen molar-refractivity contribution in [2.45, 2.75) is 12.1 Å². The largest absolute Gasteiger partial charge is 0.378 e. The molecule has 1 fully saturated rings. The molecule has 2 rings (SSSR count). The lowest BCUT2D eigenvalue weighted by Gasteiger charge is -2.35. The maximum Gasteiger partial charge on any atom is 0.362 e. The van der Waals surface area contributed by atoms with E-state index >= 15 is 0 Å². The minimum Gasteiger partial charge on any atom is -0.378 e. The van der Waals surface area contributed by atoms with Gasteiger partial charge in [0.2, 0.25) is 0 Å². The number of aliphatic hydroxyl groups is 1. The molecule has 1 heterocycles. The summed E-state index contributed by atoms with van der Waals surface area (Å²) >= 11 is 0. The number of β-lactam (4-membered cyclic amide) rings is 1. The molecule has 0 saturated carbocycles. The van der Waals surface area contributed by atoms with Crippen LogP contribution >= 0.6 is 0 Å². The number of amides is 2. The average Bonchev–Trinajstić information content (AvgIpc) is 2.41. The van der Waals surface area contributed by atoms with Crippen LogP contribution in [0.4, 0.5) is 0 Å². The van der Waals surface area contributed by atoms with Crippen molar-refractivity contribution in [2.75, 3.05) is 6.54 Å². The second-order valence-electron chi connectivity index (χ2n) is 4.22. The SMILES string of the molecule is O=C(N[C@H]1CN(S(=O)(=O)O)C1=O)C(O)c1ccccc1. The van der Waals surface area contributed by atoms with Crippen LogP contribution in [0, 0.1) is 0 Å². The van der Waals surface area contributed by atoms with Gasteiger partial charge in [-0.05, 0) is 5.56 Å². The predicted octanol–water partition coefficient (Wildman–Crippen LogP) is -1.15. The van der Waals surface area contributed by atoms with Gasteiger partial charge in [-0.3, -0.25) is 14.1 Å². The number of rotatable bonds is 4. The molecular formula is C11H12N2O6S. The molecule has 8 nitrogen and oxygen atoms in total. The molecule has 1 aromatic carbocycles. The molecule has 2 atom stereocenters. The maximum atomic E-state index is 11.7. The minimum atomic E-state index is -4.59. The van der Waals surface area contributed by atoms with Crippen molar-refractivity contribution < 1.29 is 27.7 Å². The lowest BCUT2D eigenvalue weighted by Crippen LogP contribution is -2.65. The minimum absolute atomic E-state index is 0.229. The Labute approximate surface area is 114 Å². The normalized spacial score (nSPS) is 20.2. The molecule has 1 unspecified atom stereocenters. The Morgan fingerprint density at radius 3 is 2.45 bits per heavy atom. The van der Waals surface area contributed by atoms with Crippen LogP contribution in [-0.4, -0.2) is 46.8 Å². The first kappa shape index (κ1) is 14.4. The summed E-state index contributed by atoms with van der Waals surface area (Å²) in [6.45, 7) is -0.356. The van der Waals surface area contributed by atoms with Gasteiger partial charge in [-0.25, -0.2) is 4.31 Å². The quantitative estimate of drug-likeness (QED) is 0.476. The number of carbonyl (C=O) groups excluding carboxylic acids is 2. The molecule has 1 aliphatic heterocycles. The van der Waals surface area contributed by atoms with Crippen molar-refractivity contribution in [3.05, 3.63) is 35.9 Å². The Hall–Kier alpha value is -1.97. The maximum absolute atomic E-state index is 11.7. The van der Waals surface area contributed by atoms with Crippen molar-refractivity contribution >= 4 is 22.1 Å². The first-order chi connectivity index (χ1) is 9.30. The molecule has 20 heavy (non-hydrogen) atoms. The fraction of sp³-hybridized carbons (Fsp3) is 0.273. The lowest BCUT2D eigenvalue weighted by atomic mass is 10.1. The lowest BCUT2D eigenvalue weighted by molar-refractivity contribution is -0.143. The standard InChI is InChI=1S/C11H12N2O6S/c14-9(7-4-2-1-3-5-7)10(15)12-8-6-13(11(8)16)20(17,18)19/h1-5,8-9,14H,6H2,(H,12,15)(H,17,18,19)/t8-,9?/m0/s1. The predicted molar refractivity (Wildman–Crippen MR) is 66.6 cm³/mol. The first-order valence-electron chi connectivity index (χ1n) is 5.63. The van der Waals surface area contributed by atoms with Crippen LogP contribution in [0.1, 0.15) is 11.7 Å². The molecule has 0 aromatic heterocycles. The van der Waals surface area contributed by atoms with Gasteiger partial charge in [0.1, 0.15) is 6.04 Å². The zero-order valence-corrected chi connectivity index (χ0v) is 10.9. The Morgan fingerprint density at radius 1 is 1.35 bits per heavy atom. The van der Waals surface area contributed by atoms with Gasteiger partial charge in [0.25, 0.3) is 11.8 Å². The molecule has 108 valence electrons. The van der Waals surface area contributed by atoms with E-state index in [0.717, 1.165) is 0 Å². The second kappa shape index (κ2) is 5.19. The Morgan fingerprint density at radius 2 is 1.95 bits per heavy atom. The van der Waals surface area contributed by atoms with Gasteiger partial charge in [0.05, 0.1) is 6.54 Å². The smallest absolute Gasteiger partial charge is 0.362 e. The van der Waals surface area contributed by atoms with Crippen LogP contribution in [-0.2, 0) is 19.9 Å². The molecule has 0 radical (unpaired) electrons. The highest BCUT2D eigenvalue weighted by Crippen LogP contribution is 2.17. The number of nitrogens with zero attached hydrogens (tertiary/aromatic N) is 1. The van der Waals surface area contributed by atoms with E-state index in [-0.39, 0.29) is 10.8 Å². The zero-order chi connectivity index (χ0) is 14.9. The Bertz CT molecular complexity index is 630. The molecule has 0 spiro atoms. The van der Waals surface area contributed by atoms with Gasteiger partial charge < -0.3 is 10.4 Å². The average molecular weight is 300 g/mol. The van der Waals surface area contributed by atoms with Gasteiger partial charge in [-0.15, -0.1) is 0 Å². The molecule has 1 aromatic rings. The van der Waals surface area contributed by atoms with Crippen molar-refractivity contribution in [1.29, 1.82) is 0 Å². The summed E-state index contributed by atoms with van der Waals surface area (Å²) in [6, 6.07) is 7.01. The summed E-state index contributed by atoms with van der Waals surface area (Å²) in [7, 11) is -4.59. The van der Waals surface area contributed by atoms with Crippen LogP contribution < -0.4 is 5.32 Å². The Kier molecular flexibility index (Phi) is 3.75. The Balaban J connectivity index is 1.96. The number of aliphatic hydroxyl groups excluding tert-OH is 1. The summed E-state index contributed by atoms with van der Waals surface area (Å²) in [6.07, 6.45) is -1.45. The topological polar surface area (TPSA) is 124 Å². The third-order valence-electron chi connectivity index (χ3n) is 2.85. The van der Waals surface area contributed by atoms with Crippen LogP contribution in [0.25, 0.3) is 0 Å². The third kappa shape index (κ3) is 2.79. The fourth-order valence-electron chi connectivity index (χ4n) is 1.75. The van der Waals surface area contributed by atoms with E-state index in [1.165, 1.54) is 12.1 Å². The number of nitrogens with one attached hydrogen (secondary N) is 1. The number of hydrogen-bond donors (Lipinski definition) is 3. The van der Waals surface area contributed by atoms with E-state index in [2.05, 4.69) is 5.32 Å². The van der Waals surface area contributed by atoms with Crippen LogP contribution in [0.15, 0.2) is 30.3 Å². The summed E-state index contributed by atoms with van der Waals surface area (Å²) in [5.74, 6) is -1.76. The van der Waals surface area contributed by atoms with Crippen molar-refractivity contribution in [2.24, 2.45) is 0 Å². The van der Waals surface area contributed by atoms with Crippen molar-refractivity contribution in [1.82, 2.24) is 9.62 Å². The molecule has 1 aliphatic rings. The van der Waals surface area contributed by atoms with E-state index in [9.17, 15) is 23.1 Å². The molecule has 9 heteroatoms. The van der Waals surface area contributed by atoms with Crippen LogP contribution in [0.2, 0.25) is 0 Å². The van der Waals surface area contributed by atoms with Gasteiger partial charge in [-0.2, -0.15) is 8.42 Å².